The van der Waals surface area contributed by atoms with E-state index in [1.54, 1.807) is 0 Å². The molecule has 0 aliphatic carbocycles. The minimum atomic E-state index is 0.0118. The third-order valence-corrected chi connectivity index (χ3v) is 6.10. The summed E-state index contributed by atoms with van der Waals surface area (Å²) in [5.41, 5.74) is 4.68. The standard InChI is InChI=1S/C25H25N3O/c29-25(26-23-9-5-2-6-10-23)28-17-22-16-27(24(22)18-28)15-19-11-13-21(14-12-19)20-7-3-1-4-8-20/h1-14,22,24H,15-18H2,(H,26,29). The Morgan fingerprint density at radius 1 is 0.793 bits per heavy atom. The Labute approximate surface area is 171 Å². The molecular weight excluding hydrogens is 358 g/mol. The molecule has 1 N–H and O–H groups in total. The average molecular weight is 383 g/mol. The summed E-state index contributed by atoms with van der Waals surface area (Å²) in [6, 6.07) is 29.5. The number of likely N-dealkylation sites (tertiary alicyclic amines) is 2. The van der Waals surface area contributed by atoms with Crippen LogP contribution in [0.25, 0.3) is 11.1 Å². The highest BCUT2D eigenvalue weighted by Gasteiger charge is 2.46. The summed E-state index contributed by atoms with van der Waals surface area (Å²) in [6.45, 7) is 3.68. The summed E-state index contributed by atoms with van der Waals surface area (Å²) in [5.74, 6) is 0.597. The summed E-state index contributed by atoms with van der Waals surface area (Å²) in [4.78, 5) is 17.0. The highest BCUT2D eigenvalue weighted by molar-refractivity contribution is 5.89. The third kappa shape index (κ3) is 3.76. The van der Waals surface area contributed by atoms with Gasteiger partial charge in [-0.2, -0.15) is 0 Å². The fraction of sp³-hybridized carbons (Fsp3) is 0.240. The van der Waals surface area contributed by atoms with Crippen LogP contribution in [0.1, 0.15) is 5.56 Å². The second kappa shape index (κ2) is 7.72. The topological polar surface area (TPSA) is 35.6 Å². The highest BCUT2D eigenvalue weighted by Crippen LogP contribution is 2.34. The number of hydrogen-bond donors (Lipinski definition) is 1. The van der Waals surface area contributed by atoms with Crippen LogP contribution in [0.5, 0.6) is 0 Å². The van der Waals surface area contributed by atoms with Gasteiger partial charge in [0, 0.05) is 43.8 Å². The zero-order valence-electron chi connectivity index (χ0n) is 16.4. The maximum Gasteiger partial charge on any atom is 0.321 e. The molecule has 2 amide bonds. The number of amides is 2. The van der Waals surface area contributed by atoms with Crippen molar-refractivity contribution in [3.8, 4) is 11.1 Å². The Morgan fingerprint density at radius 2 is 1.45 bits per heavy atom. The van der Waals surface area contributed by atoms with Crippen LogP contribution in [0.3, 0.4) is 0 Å². The molecule has 5 rings (SSSR count). The van der Waals surface area contributed by atoms with Crippen molar-refractivity contribution in [1.29, 1.82) is 0 Å². The van der Waals surface area contributed by atoms with E-state index in [0.717, 1.165) is 31.9 Å². The van der Waals surface area contributed by atoms with Crippen molar-refractivity contribution in [2.45, 2.75) is 12.6 Å². The number of fused-ring (bicyclic) bond motifs is 1. The highest BCUT2D eigenvalue weighted by atomic mass is 16.2. The van der Waals surface area contributed by atoms with Gasteiger partial charge in [0.15, 0.2) is 0 Å². The molecule has 3 aromatic rings. The van der Waals surface area contributed by atoms with E-state index in [1.807, 2.05) is 41.3 Å². The summed E-state index contributed by atoms with van der Waals surface area (Å²) in [5, 5.41) is 3.01. The van der Waals surface area contributed by atoms with E-state index in [2.05, 4.69) is 58.7 Å². The predicted molar refractivity (Wildman–Crippen MR) is 117 cm³/mol. The molecule has 3 aromatic carbocycles. The lowest BCUT2D eigenvalue weighted by Gasteiger charge is -2.43. The van der Waals surface area contributed by atoms with E-state index < -0.39 is 0 Å². The first-order chi connectivity index (χ1) is 14.3. The van der Waals surface area contributed by atoms with Gasteiger partial charge in [-0.05, 0) is 28.8 Å². The van der Waals surface area contributed by atoms with Gasteiger partial charge < -0.3 is 10.2 Å². The molecule has 2 aliphatic heterocycles. The zero-order chi connectivity index (χ0) is 19.6. The summed E-state index contributed by atoms with van der Waals surface area (Å²) >= 11 is 0. The maximum absolute atomic E-state index is 12.6. The number of benzene rings is 3. The Morgan fingerprint density at radius 3 is 2.17 bits per heavy atom. The fourth-order valence-corrected chi connectivity index (χ4v) is 4.49. The predicted octanol–water partition coefficient (Wildman–Crippen LogP) is 4.70. The quantitative estimate of drug-likeness (QED) is 0.709. The van der Waals surface area contributed by atoms with Gasteiger partial charge in [0.25, 0.3) is 0 Å². The summed E-state index contributed by atoms with van der Waals surface area (Å²) in [6.07, 6.45) is 0. The second-order valence-corrected chi connectivity index (χ2v) is 8.02. The largest absolute Gasteiger partial charge is 0.323 e. The van der Waals surface area contributed by atoms with Crippen LogP contribution in [-0.4, -0.2) is 41.5 Å². The van der Waals surface area contributed by atoms with E-state index >= 15 is 0 Å². The Balaban J connectivity index is 1.17. The first-order valence-corrected chi connectivity index (χ1v) is 10.3. The molecule has 29 heavy (non-hydrogen) atoms. The van der Waals surface area contributed by atoms with Gasteiger partial charge in [0.1, 0.15) is 0 Å². The molecule has 2 aliphatic rings. The summed E-state index contributed by atoms with van der Waals surface area (Å²) in [7, 11) is 0. The lowest BCUT2D eigenvalue weighted by atomic mass is 9.91. The first-order valence-electron chi connectivity index (χ1n) is 10.3. The Hall–Kier alpha value is -3.11. The number of nitrogens with zero attached hydrogens (tertiary/aromatic N) is 2. The number of nitrogens with one attached hydrogen (secondary N) is 1. The molecular formula is C25H25N3O. The van der Waals surface area contributed by atoms with Crippen molar-refractivity contribution < 1.29 is 4.79 Å². The molecule has 2 atom stereocenters. The molecule has 146 valence electrons. The van der Waals surface area contributed by atoms with Crippen LogP contribution in [0, 0.1) is 5.92 Å². The molecule has 4 nitrogen and oxygen atoms in total. The Bertz CT molecular complexity index is 972. The molecule has 2 heterocycles. The third-order valence-electron chi connectivity index (χ3n) is 6.10. The number of hydrogen-bond acceptors (Lipinski definition) is 2. The lowest BCUT2D eigenvalue weighted by Crippen LogP contribution is -2.54. The van der Waals surface area contributed by atoms with Gasteiger partial charge >= 0.3 is 6.03 Å². The SMILES string of the molecule is O=C(Nc1ccccc1)N1CC2CN(Cc3ccc(-c4ccccc4)cc3)C2C1. The van der Waals surface area contributed by atoms with Gasteiger partial charge in [0.05, 0.1) is 0 Å². The Kier molecular flexibility index (Phi) is 4.78. The average Bonchev–Trinajstić information content (AvgIpc) is 3.11. The van der Waals surface area contributed by atoms with Gasteiger partial charge in [-0.3, -0.25) is 4.90 Å². The number of anilines is 1. The maximum atomic E-state index is 12.6. The van der Waals surface area contributed by atoms with E-state index in [1.165, 1.54) is 16.7 Å². The normalized spacial score (nSPS) is 20.8. The minimum absolute atomic E-state index is 0.0118. The van der Waals surface area contributed by atoms with Gasteiger partial charge in [-0.15, -0.1) is 0 Å². The van der Waals surface area contributed by atoms with E-state index in [4.69, 9.17) is 0 Å². The molecule has 0 radical (unpaired) electrons. The molecule has 4 heteroatoms. The first kappa shape index (κ1) is 18.0. The van der Waals surface area contributed by atoms with Crippen LogP contribution < -0.4 is 5.32 Å². The monoisotopic (exact) mass is 383 g/mol. The van der Waals surface area contributed by atoms with Crippen molar-refractivity contribution >= 4 is 11.7 Å². The molecule has 2 saturated heterocycles. The summed E-state index contributed by atoms with van der Waals surface area (Å²) < 4.78 is 0. The fourth-order valence-electron chi connectivity index (χ4n) is 4.49. The van der Waals surface area contributed by atoms with Crippen molar-refractivity contribution in [3.63, 3.8) is 0 Å². The van der Waals surface area contributed by atoms with Crippen molar-refractivity contribution in [3.05, 3.63) is 90.5 Å². The van der Waals surface area contributed by atoms with E-state index in [9.17, 15) is 4.79 Å². The molecule has 0 saturated carbocycles. The van der Waals surface area contributed by atoms with Crippen LogP contribution in [0.15, 0.2) is 84.9 Å². The molecule has 0 aromatic heterocycles. The number of carbonyl (C=O) groups is 1. The number of urea groups is 1. The zero-order valence-corrected chi connectivity index (χ0v) is 16.4. The lowest BCUT2D eigenvalue weighted by molar-refractivity contribution is 0.0435. The van der Waals surface area contributed by atoms with Crippen LogP contribution in [0.2, 0.25) is 0 Å². The number of rotatable bonds is 4. The van der Waals surface area contributed by atoms with Crippen LogP contribution in [-0.2, 0) is 6.54 Å². The molecule has 0 spiro atoms. The minimum Gasteiger partial charge on any atom is -0.323 e. The van der Waals surface area contributed by atoms with Crippen molar-refractivity contribution in [2.75, 3.05) is 25.0 Å². The van der Waals surface area contributed by atoms with Crippen LogP contribution >= 0.6 is 0 Å². The van der Waals surface area contributed by atoms with E-state index in [-0.39, 0.29) is 6.03 Å². The number of para-hydroxylation sites is 1. The van der Waals surface area contributed by atoms with Crippen molar-refractivity contribution in [2.24, 2.45) is 5.92 Å². The smallest absolute Gasteiger partial charge is 0.321 e. The molecule has 2 fully saturated rings. The second-order valence-electron chi connectivity index (χ2n) is 8.02. The van der Waals surface area contributed by atoms with Crippen LogP contribution in [0.4, 0.5) is 10.5 Å². The molecule has 0 bridgehead atoms. The van der Waals surface area contributed by atoms with Gasteiger partial charge in [-0.1, -0.05) is 72.8 Å². The van der Waals surface area contributed by atoms with Gasteiger partial charge in [-0.25, -0.2) is 4.79 Å². The van der Waals surface area contributed by atoms with Gasteiger partial charge in [0.2, 0.25) is 0 Å². The van der Waals surface area contributed by atoms with Crippen molar-refractivity contribution in [1.82, 2.24) is 9.80 Å². The number of carbonyl (C=O) groups excluding carboxylic acids is 1. The molecule has 2 unspecified atom stereocenters. The van der Waals surface area contributed by atoms with E-state index in [0.29, 0.717) is 12.0 Å².